The van der Waals surface area contributed by atoms with Crippen molar-refractivity contribution in [1.29, 1.82) is 0 Å². The molecule has 1 heterocycles. The van der Waals surface area contributed by atoms with E-state index in [9.17, 15) is 13.2 Å². The molecule has 2 rings (SSSR count). The van der Waals surface area contributed by atoms with Gasteiger partial charge in [0.15, 0.2) is 5.78 Å². The molecule has 0 bridgehead atoms. The van der Waals surface area contributed by atoms with E-state index in [2.05, 4.69) is 9.71 Å². The number of carbonyl (C=O) groups excluding carboxylic acids is 1. The number of likely N-dealkylation sites (N-methyl/N-ethyl adjacent to an activating group) is 1. The summed E-state index contributed by atoms with van der Waals surface area (Å²) in [5.41, 5.74) is 0.419. The standard InChI is InChI=1S/C17H21N3O4S/c1-13(21)14-4-9-17(18-12-14)19-25(22,23)16-7-5-15(6-8-16)24-11-10-20(2)3/h4-9,12H,10-11H2,1-3H3,(H,18,19). The molecule has 0 saturated carbocycles. The van der Waals surface area contributed by atoms with Gasteiger partial charge in [0.1, 0.15) is 18.2 Å². The molecular formula is C17H21N3O4S. The quantitative estimate of drug-likeness (QED) is 0.722. The van der Waals surface area contributed by atoms with Crippen LogP contribution in [0.3, 0.4) is 0 Å². The monoisotopic (exact) mass is 363 g/mol. The molecule has 2 aromatic rings. The number of sulfonamides is 1. The summed E-state index contributed by atoms with van der Waals surface area (Å²) in [7, 11) is 0.134. The first-order chi connectivity index (χ1) is 11.8. The summed E-state index contributed by atoms with van der Waals surface area (Å²) < 4.78 is 32.7. The van der Waals surface area contributed by atoms with Crippen LogP contribution in [0.25, 0.3) is 0 Å². The maximum absolute atomic E-state index is 12.4. The van der Waals surface area contributed by atoms with E-state index >= 15 is 0 Å². The lowest BCUT2D eigenvalue weighted by atomic mass is 10.2. The molecule has 0 aliphatic carbocycles. The smallest absolute Gasteiger partial charge is 0.263 e. The predicted molar refractivity (Wildman–Crippen MR) is 95.5 cm³/mol. The van der Waals surface area contributed by atoms with E-state index in [-0.39, 0.29) is 16.5 Å². The lowest BCUT2D eigenvalue weighted by Crippen LogP contribution is -2.19. The zero-order chi connectivity index (χ0) is 18.4. The topological polar surface area (TPSA) is 88.6 Å². The molecule has 8 heteroatoms. The van der Waals surface area contributed by atoms with Crippen molar-refractivity contribution in [2.24, 2.45) is 0 Å². The summed E-state index contributed by atoms with van der Waals surface area (Å²) in [6, 6.07) is 9.13. The molecule has 0 atom stereocenters. The fourth-order valence-corrected chi connectivity index (χ4v) is 2.93. The van der Waals surface area contributed by atoms with Gasteiger partial charge in [0.2, 0.25) is 0 Å². The molecular weight excluding hydrogens is 342 g/mol. The molecule has 0 aliphatic heterocycles. The number of rotatable bonds is 8. The highest BCUT2D eigenvalue weighted by atomic mass is 32.2. The fourth-order valence-electron chi connectivity index (χ4n) is 1.92. The van der Waals surface area contributed by atoms with E-state index in [1.54, 1.807) is 12.1 Å². The van der Waals surface area contributed by atoms with Gasteiger partial charge in [0.25, 0.3) is 10.0 Å². The molecule has 0 unspecified atom stereocenters. The maximum atomic E-state index is 12.4. The van der Waals surface area contributed by atoms with Crippen LogP contribution in [-0.2, 0) is 10.0 Å². The lowest BCUT2D eigenvalue weighted by molar-refractivity contribution is 0.101. The molecule has 7 nitrogen and oxygen atoms in total. The van der Waals surface area contributed by atoms with Gasteiger partial charge < -0.3 is 9.64 Å². The minimum absolute atomic E-state index is 0.102. The first-order valence-electron chi connectivity index (χ1n) is 7.65. The van der Waals surface area contributed by atoms with Crippen LogP contribution in [0.5, 0.6) is 5.75 Å². The van der Waals surface area contributed by atoms with E-state index < -0.39 is 10.0 Å². The Kier molecular flexibility index (Phi) is 6.11. The van der Waals surface area contributed by atoms with Gasteiger partial charge in [-0.15, -0.1) is 0 Å². The van der Waals surface area contributed by atoms with E-state index in [1.807, 2.05) is 19.0 Å². The minimum atomic E-state index is -3.76. The Morgan fingerprint density at radius 1 is 1.16 bits per heavy atom. The molecule has 0 spiro atoms. The molecule has 0 aliphatic rings. The molecule has 0 amide bonds. The number of carbonyl (C=O) groups is 1. The summed E-state index contributed by atoms with van der Waals surface area (Å²) in [5.74, 6) is 0.618. The Balaban J connectivity index is 2.04. The predicted octanol–water partition coefficient (Wildman–Crippen LogP) is 2.03. The Bertz CT molecular complexity index is 816. The number of aromatic nitrogens is 1. The number of pyridine rings is 1. The number of Topliss-reactive ketones (excluding diaryl/α,β-unsaturated/α-hetero) is 1. The normalized spacial score (nSPS) is 11.4. The number of hydrogen-bond acceptors (Lipinski definition) is 6. The van der Waals surface area contributed by atoms with Crippen LogP contribution >= 0.6 is 0 Å². The molecule has 0 fully saturated rings. The number of benzene rings is 1. The average Bonchev–Trinajstić information content (AvgIpc) is 2.55. The van der Waals surface area contributed by atoms with Gasteiger partial charge in [-0.05, 0) is 57.4 Å². The van der Waals surface area contributed by atoms with Gasteiger partial charge >= 0.3 is 0 Å². The van der Waals surface area contributed by atoms with Crippen LogP contribution < -0.4 is 9.46 Å². The van der Waals surface area contributed by atoms with Crippen LogP contribution in [0.15, 0.2) is 47.5 Å². The highest BCUT2D eigenvalue weighted by molar-refractivity contribution is 7.92. The highest BCUT2D eigenvalue weighted by Crippen LogP contribution is 2.18. The molecule has 1 aromatic heterocycles. The summed E-state index contributed by atoms with van der Waals surface area (Å²) >= 11 is 0. The number of anilines is 1. The third kappa shape index (κ3) is 5.54. The second kappa shape index (κ2) is 8.09. The van der Waals surface area contributed by atoms with Gasteiger partial charge in [0, 0.05) is 18.3 Å². The third-order valence-electron chi connectivity index (χ3n) is 3.35. The minimum Gasteiger partial charge on any atom is -0.492 e. The number of ether oxygens (including phenoxy) is 1. The Morgan fingerprint density at radius 3 is 2.36 bits per heavy atom. The lowest BCUT2D eigenvalue weighted by Gasteiger charge is -2.12. The van der Waals surface area contributed by atoms with Gasteiger partial charge in [-0.25, -0.2) is 13.4 Å². The molecule has 0 saturated heterocycles. The van der Waals surface area contributed by atoms with Crippen LogP contribution in [0.4, 0.5) is 5.82 Å². The third-order valence-corrected chi connectivity index (χ3v) is 4.72. The van der Waals surface area contributed by atoms with Gasteiger partial charge in [-0.3, -0.25) is 9.52 Å². The number of nitrogens with zero attached hydrogens (tertiary/aromatic N) is 2. The van der Waals surface area contributed by atoms with Crippen LogP contribution in [0.1, 0.15) is 17.3 Å². The van der Waals surface area contributed by atoms with Crippen LogP contribution in [0.2, 0.25) is 0 Å². The Labute approximate surface area is 147 Å². The summed E-state index contributed by atoms with van der Waals surface area (Å²) in [4.78, 5) is 17.3. The second-order valence-corrected chi connectivity index (χ2v) is 7.40. The number of ketones is 1. The zero-order valence-corrected chi connectivity index (χ0v) is 15.2. The number of nitrogens with one attached hydrogen (secondary N) is 1. The molecule has 134 valence electrons. The van der Waals surface area contributed by atoms with Crippen molar-refractivity contribution >= 4 is 21.6 Å². The largest absolute Gasteiger partial charge is 0.492 e. The molecule has 25 heavy (non-hydrogen) atoms. The van der Waals surface area contributed by atoms with Gasteiger partial charge in [-0.1, -0.05) is 0 Å². The Morgan fingerprint density at radius 2 is 1.84 bits per heavy atom. The summed E-state index contributed by atoms with van der Waals surface area (Å²) in [5, 5.41) is 0. The molecule has 1 aromatic carbocycles. The van der Waals surface area contributed by atoms with E-state index in [4.69, 9.17) is 4.74 Å². The second-order valence-electron chi connectivity index (χ2n) is 5.72. The van der Waals surface area contributed by atoms with E-state index in [1.165, 1.54) is 37.4 Å². The SMILES string of the molecule is CC(=O)c1ccc(NS(=O)(=O)c2ccc(OCCN(C)C)cc2)nc1. The summed E-state index contributed by atoms with van der Waals surface area (Å²) in [6.45, 7) is 2.70. The average molecular weight is 363 g/mol. The van der Waals surface area contributed by atoms with Gasteiger partial charge in [0.05, 0.1) is 4.90 Å². The first kappa shape index (κ1) is 18.9. The van der Waals surface area contributed by atoms with Crippen LogP contribution in [0, 0.1) is 0 Å². The van der Waals surface area contributed by atoms with Crippen LogP contribution in [-0.4, -0.2) is 51.3 Å². The Hall–Kier alpha value is -2.45. The number of hydrogen-bond donors (Lipinski definition) is 1. The molecule has 0 radical (unpaired) electrons. The van der Waals surface area contributed by atoms with Crippen molar-refractivity contribution in [3.63, 3.8) is 0 Å². The maximum Gasteiger partial charge on any atom is 0.263 e. The first-order valence-corrected chi connectivity index (χ1v) is 9.13. The zero-order valence-electron chi connectivity index (χ0n) is 14.4. The van der Waals surface area contributed by atoms with Crippen molar-refractivity contribution in [1.82, 2.24) is 9.88 Å². The van der Waals surface area contributed by atoms with E-state index in [0.717, 1.165) is 6.54 Å². The highest BCUT2D eigenvalue weighted by Gasteiger charge is 2.15. The van der Waals surface area contributed by atoms with Crippen molar-refractivity contribution < 1.29 is 17.9 Å². The van der Waals surface area contributed by atoms with Gasteiger partial charge in [-0.2, -0.15) is 0 Å². The van der Waals surface area contributed by atoms with Crippen molar-refractivity contribution in [2.75, 3.05) is 32.0 Å². The van der Waals surface area contributed by atoms with Crippen molar-refractivity contribution in [3.8, 4) is 5.75 Å². The molecule has 1 N–H and O–H groups in total. The van der Waals surface area contributed by atoms with Crippen molar-refractivity contribution in [3.05, 3.63) is 48.2 Å². The fraction of sp³-hybridized carbons (Fsp3) is 0.294. The van der Waals surface area contributed by atoms with Crippen molar-refractivity contribution in [2.45, 2.75) is 11.8 Å². The van der Waals surface area contributed by atoms with E-state index in [0.29, 0.717) is 17.9 Å². The summed E-state index contributed by atoms with van der Waals surface area (Å²) in [6.07, 6.45) is 1.34.